The molecule has 6 heteroatoms. The maximum atomic E-state index is 11.8. The smallest absolute Gasteiger partial charge is 0.375 e. The molecule has 1 aliphatic carbocycles. The number of hydrogen-bond acceptors (Lipinski definition) is 3. The molecule has 1 fully saturated rings. The maximum Gasteiger partial charge on any atom is 0.391 e. The van der Waals surface area contributed by atoms with E-state index < -0.39 is 12.6 Å². The number of nitrogens with two attached hydrogens (primary N) is 1. The Hall–Kier alpha value is -0.330. The first-order valence-electron chi connectivity index (χ1n) is 4.99. The van der Waals surface area contributed by atoms with Gasteiger partial charge in [-0.25, -0.2) is 0 Å². The molecule has 1 rings (SSSR count). The van der Waals surface area contributed by atoms with E-state index in [2.05, 4.69) is 0 Å². The minimum absolute atomic E-state index is 0.110. The van der Waals surface area contributed by atoms with E-state index in [0.29, 0.717) is 13.0 Å². The molecule has 2 N–H and O–H groups in total. The second-order valence-electron chi connectivity index (χ2n) is 3.59. The molecule has 0 aliphatic heterocycles. The number of halogens is 3. The molecule has 15 heavy (non-hydrogen) atoms. The Kier molecular flexibility index (Phi) is 4.36. The Balaban J connectivity index is 2.17. The number of hydrogen-bond donors (Lipinski definition) is 1. The zero-order valence-electron chi connectivity index (χ0n) is 8.59. The monoisotopic (exact) mass is 227 g/mol. The second kappa shape index (κ2) is 5.14. The van der Waals surface area contributed by atoms with Crippen molar-refractivity contribution in [1.82, 2.24) is 0 Å². The van der Waals surface area contributed by atoms with Crippen LogP contribution in [0.4, 0.5) is 13.2 Å². The predicted octanol–water partition coefficient (Wildman–Crippen LogP) is 1.46. The lowest BCUT2D eigenvalue weighted by atomic mass is 9.86. The Morgan fingerprint density at radius 3 is 2.47 bits per heavy atom. The molecule has 0 aromatic carbocycles. The van der Waals surface area contributed by atoms with E-state index in [1.165, 1.54) is 0 Å². The van der Waals surface area contributed by atoms with Gasteiger partial charge in [-0.05, 0) is 13.3 Å². The summed E-state index contributed by atoms with van der Waals surface area (Å²) in [5.41, 5.74) is 5.63. The summed E-state index contributed by atoms with van der Waals surface area (Å²) in [5, 5.41) is 0. The highest BCUT2D eigenvalue weighted by Crippen LogP contribution is 2.27. The van der Waals surface area contributed by atoms with Gasteiger partial charge in [0.1, 0.15) is 0 Å². The number of ether oxygens (including phenoxy) is 2. The summed E-state index contributed by atoms with van der Waals surface area (Å²) in [6.45, 7) is 2.00. The summed E-state index contributed by atoms with van der Waals surface area (Å²) in [5.74, 6) is 0. The summed E-state index contributed by atoms with van der Waals surface area (Å²) in [4.78, 5) is 0. The molecule has 0 saturated heterocycles. The van der Waals surface area contributed by atoms with Gasteiger partial charge in [-0.3, -0.25) is 0 Å². The quantitative estimate of drug-likeness (QED) is 0.773. The van der Waals surface area contributed by atoms with Crippen molar-refractivity contribution in [3.8, 4) is 0 Å². The van der Waals surface area contributed by atoms with Crippen LogP contribution in [-0.4, -0.2) is 37.6 Å². The first-order chi connectivity index (χ1) is 6.94. The van der Waals surface area contributed by atoms with Crippen molar-refractivity contribution in [3.05, 3.63) is 0 Å². The fraction of sp³-hybridized carbons (Fsp3) is 1.00. The fourth-order valence-electron chi connectivity index (χ4n) is 1.53. The Morgan fingerprint density at radius 2 is 2.00 bits per heavy atom. The van der Waals surface area contributed by atoms with Gasteiger partial charge in [0.15, 0.2) is 0 Å². The van der Waals surface area contributed by atoms with E-state index in [1.54, 1.807) is 0 Å². The lowest BCUT2D eigenvalue weighted by molar-refractivity contribution is -0.174. The number of alkyl halides is 3. The molecular formula is C9H16F3NO2. The fourth-order valence-corrected chi connectivity index (χ4v) is 1.53. The van der Waals surface area contributed by atoms with Gasteiger partial charge >= 0.3 is 6.18 Å². The largest absolute Gasteiger partial charge is 0.391 e. The Bertz CT molecular complexity index is 198. The van der Waals surface area contributed by atoms with Crippen LogP contribution in [0.3, 0.4) is 0 Å². The molecular weight excluding hydrogens is 211 g/mol. The van der Waals surface area contributed by atoms with Crippen LogP contribution in [0.15, 0.2) is 0 Å². The lowest BCUT2D eigenvalue weighted by Crippen LogP contribution is -2.58. The molecule has 3 nitrogen and oxygen atoms in total. The molecule has 1 saturated carbocycles. The molecule has 0 radical (unpaired) electrons. The molecule has 0 aromatic rings. The molecule has 0 aromatic heterocycles. The molecule has 0 heterocycles. The van der Waals surface area contributed by atoms with Gasteiger partial charge in [-0.15, -0.1) is 0 Å². The Labute approximate surface area is 86.7 Å². The minimum Gasteiger partial charge on any atom is -0.375 e. The molecule has 3 unspecified atom stereocenters. The van der Waals surface area contributed by atoms with Crippen LogP contribution >= 0.6 is 0 Å². The van der Waals surface area contributed by atoms with E-state index in [-0.39, 0.29) is 24.9 Å². The van der Waals surface area contributed by atoms with Crippen LogP contribution in [0.25, 0.3) is 0 Å². The van der Waals surface area contributed by atoms with Crippen molar-refractivity contribution in [3.63, 3.8) is 0 Å². The van der Waals surface area contributed by atoms with Gasteiger partial charge in [-0.1, -0.05) is 0 Å². The highest BCUT2D eigenvalue weighted by atomic mass is 19.4. The Morgan fingerprint density at radius 1 is 1.33 bits per heavy atom. The van der Waals surface area contributed by atoms with E-state index in [4.69, 9.17) is 15.2 Å². The molecule has 1 aliphatic rings. The van der Waals surface area contributed by atoms with Crippen molar-refractivity contribution in [2.75, 3.05) is 13.2 Å². The van der Waals surface area contributed by atoms with Crippen LogP contribution in [-0.2, 0) is 9.47 Å². The number of rotatable bonds is 5. The molecule has 0 spiro atoms. The third kappa shape index (κ3) is 3.96. The van der Waals surface area contributed by atoms with Crippen molar-refractivity contribution in [2.45, 2.75) is 44.2 Å². The first kappa shape index (κ1) is 12.7. The SMILES string of the molecule is CCOC1C(N)CC1OCCC(F)(F)F. The summed E-state index contributed by atoms with van der Waals surface area (Å²) in [6, 6.07) is -0.110. The topological polar surface area (TPSA) is 44.5 Å². The van der Waals surface area contributed by atoms with Crippen LogP contribution < -0.4 is 5.73 Å². The average Bonchev–Trinajstić information content (AvgIpc) is 2.11. The standard InChI is InChI=1S/C9H16F3NO2/c1-2-14-8-6(13)5-7(8)15-4-3-9(10,11)12/h6-8H,2-5,13H2,1H3. The predicted molar refractivity (Wildman–Crippen MR) is 48.4 cm³/mol. The highest BCUT2D eigenvalue weighted by Gasteiger charge is 2.40. The summed E-state index contributed by atoms with van der Waals surface area (Å²) in [7, 11) is 0. The first-order valence-corrected chi connectivity index (χ1v) is 4.99. The average molecular weight is 227 g/mol. The van der Waals surface area contributed by atoms with Gasteiger partial charge in [-0.2, -0.15) is 13.2 Å². The maximum absolute atomic E-state index is 11.8. The minimum atomic E-state index is -4.16. The zero-order valence-corrected chi connectivity index (χ0v) is 8.59. The van der Waals surface area contributed by atoms with Crippen molar-refractivity contribution < 1.29 is 22.6 Å². The summed E-state index contributed by atoms with van der Waals surface area (Å²) in [6.07, 6.45) is -5.03. The van der Waals surface area contributed by atoms with Crippen LogP contribution in [0.5, 0.6) is 0 Å². The van der Waals surface area contributed by atoms with Crippen molar-refractivity contribution >= 4 is 0 Å². The molecule has 0 amide bonds. The molecule has 90 valence electrons. The van der Waals surface area contributed by atoms with Gasteiger partial charge in [0.05, 0.1) is 25.2 Å². The van der Waals surface area contributed by atoms with Gasteiger partial charge in [0.2, 0.25) is 0 Å². The van der Waals surface area contributed by atoms with Gasteiger partial charge < -0.3 is 15.2 Å². The molecule has 0 bridgehead atoms. The summed E-state index contributed by atoms with van der Waals surface area (Å²) < 4.78 is 45.8. The van der Waals surface area contributed by atoms with Crippen molar-refractivity contribution in [1.29, 1.82) is 0 Å². The zero-order chi connectivity index (χ0) is 11.5. The van der Waals surface area contributed by atoms with Crippen molar-refractivity contribution in [2.24, 2.45) is 5.73 Å². The van der Waals surface area contributed by atoms with Crippen LogP contribution in [0.1, 0.15) is 19.8 Å². The van der Waals surface area contributed by atoms with E-state index in [1.807, 2.05) is 6.92 Å². The van der Waals surface area contributed by atoms with Gasteiger partial charge in [0, 0.05) is 12.6 Å². The highest BCUT2D eigenvalue weighted by molar-refractivity contribution is 4.95. The summed E-state index contributed by atoms with van der Waals surface area (Å²) >= 11 is 0. The normalized spacial score (nSPS) is 31.4. The van der Waals surface area contributed by atoms with E-state index >= 15 is 0 Å². The second-order valence-corrected chi connectivity index (χ2v) is 3.59. The van der Waals surface area contributed by atoms with E-state index in [0.717, 1.165) is 0 Å². The van der Waals surface area contributed by atoms with E-state index in [9.17, 15) is 13.2 Å². The van der Waals surface area contributed by atoms with Crippen LogP contribution in [0, 0.1) is 0 Å². The molecule has 3 atom stereocenters. The van der Waals surface area contributed by atoms with Crippen LogP contribution in [0.2, 0.25) is 0 Å². The lowest BCUT2D eigenvalue weighted by Gasteiger charge is -2.41. The third-order valence-corrected chi connectivity index (χ3v) is 2.37. The third-order valence-electron chi connectivity index (χ3n) is 2.37. The van der Waals surface area contributed by atoms with Gasteiger partial charge in [0.25, 0.3) is 0 Å².